The molecule has 1 aromatic carbocycles. The average Bonchev–Trinajstić information content (AvgIpc) is 2.76. The van der Waals surface area contributed by atoms with Gasteiger partial charge >= 0.3 is 5.97 Å². The van der Waals surface area contributed by atoms with E-state index < -0.39 is 12.6 Å². The van der Waals surface area contributed by atoms with Crippen LogP contribution in [0.3, 0.4) is 0 Å². The van der Waals surface area contributed by atoms with Gasteiger partial charge in [0.05, 0.1) is 6.61 Å². The van der Waals surface area contributed by atoms with Gasteiger partial charge < -0.3 is 19.9 Å². The van der Waals surface area contributed by atoms with E-state index in [1.165, 1.54) is 0 Å². The molecule has 1 heterocycles. The standard InChI is InChI=1S/C14H14N2O5S/c1-2-20-11-6-8(3-4-10(11)21-7-12(17)18)5-9-13(19)16-14(22)15-9/h3-6H,2,7H2,1H3,(H,17,18)(H2,15,16,19,22). The molecular formula is C14H14N2O5S. The second-order valence-electron chi connectivity index (χ2n) is 4.29. The van der Waals surface area contributed by atoms with Gasteiger partial charge in [-0.2, -0.15) is 0 Å². The minimum atomic E-state index is -1.08. The molecule has 0 radical (unpaired) electrons. The lowest BCUT2D eigenvalue weighted by molar-refractivity contribution is -0.139. The van der Waals surface area contributed by atoms with Crippen molar-refractivity contribution in [2.75, 3.05) is 13.2 Å². The van der Waals surface area contributed by atoms with Crippen LogP contribution in [0.2, 0.25) is 0 Å². The van der Waals surface area contributed by atoms with Crippen molar-refractivity contribution >= 4 is 35.3 Å². The molecule has 22 heavy (non-hydrogen) atoms. The van der Waals surface area contributed by atoms with Crippen molar-refractivity contribution in [3.63, 3.8) is 0 Å². The largest absolute Gasteiger partial charge is 0.490 e. The SMILES string of the molecule is CCOc1cc(C=C2NC(=S)NC2=O)ccc1OCC(=O)O. The number of hydrogen-bond donors (Lipinski definition) is 3. The maximum Gasteiger partial charge on any atom is 0.341 e. The molecule has 1 amide bonds. The van der Waals surface area contributed by atoms with Gasteiger partial charge in [-0.1, -0.05) is 6.07 Å². The monoisotopic (exact) mass is 322 g/mol. The first-order valence-corrected chi connectivity index (χ1v) is 6.86. The lowest BCUT2D eigenvalue weighted by atomic mass is 10.1. The van der Waals surface area contributed by atoms with Crippen LogP contribution in [-0.4, -0.2) is 35.3 Å². The molecule has 3 N–H and O–H groups in total. The number of hydrogen-bond acceptors (Lipinski definition) is 5. The Hall–Kier alpha value is -2.61. The van der Waals surface area contributed by atoms with Gasteiger partial charge in [-0.25, -0.2) is 4.79 Å². The number of ether oxygens (including phenoxy) is 2. The van der Waals surface area contributed by atoms with Crippen molar-refractivity contribution in [2.45, 2.75) is 6.92 Å². The van der Waals surface area contributed by atoms with Gasteiger partial charge in [-0.15, -0.1) is 0 Å². The summed E-state index contributed by atoms with van der Waals surface area (Å²) in [5.74, 6) is -0.659. The lowest BCUT2D eigenvalue weighted by Crippen LogP contribution is -2.21. The summed E-state index contributed by atoms with van der Waals surface area (Å²) in [6, 6.07) is 4.93. The molecule has 116 valence electrons. The Balaban J connectivity index is 2.25. The van der Waals surface area contributed by atoms with Crippen LogP contribution in [0, 0.1) is 0 Å². The number of carboxylic acids is 1. The Morgan fingerprint density at radius 1 is 1.32 bits per heavy atom. The van der Waals surface area contributed by atoms with Gasteiger partial charge in [0.25, 0.3) is 5.91 Å². The van der Waals surface area contributed by atoms with Crippen LogP contribution in [0.1, 0.15) is 12.5 Å². The van der Waals surface area contributed by atoms with E-state index in [0.29, 0.717) is 29.4 Å². The Kier molecular flexibility index (Phi) is 4.95. The number of aliphatic carboxylic acids is 1. The highest BCUT2D eigenvalue weighted by Gasteiger charge is 2.20. The van der Waals surface area contributed by atoms with Crippen molar-refractivity contribution in [2.24, 2.45) is 0 Å². The summed E-state index contributed by atoms with van der Waals surface area (Å²) in [6.07, 6.45) is 1.61. The second-order valence-corrected chi connectivity index (χ2v) is 4.70. The Morgan fingerprint density at radius 3 is 2.68 bits per heavy atom. The van der Waals surface area contributed by atoms with Crippen LogP contribution in [0.25, 0.3) is 6.08 Å². The summed E-state index contributed by atoms with van der Waals surface area (Å²) >= 11 is 4.85. The summed E-state index contributed by atoms with van der Waals surface area (Å²) < 4.78 is 10.6. The zero-order valence-corrected chi connectivity index (χ0v) is 12.5. The van der Waals surface area contributed by atoms with Crippen LogP contribution in [0.4, 0.5) is 0 Å². The number of benzene rings is 1. The average molecular weight is 322 g/mol. The number of thiocarbonyl (C=S) groups is 1. The van der Waals surface area contributed by atoms with Crippen molar-refractivity contribution in [3.05, 3.63) is 29.5 Å². The molecule has 8 heteroatoms. The van der Waals surface area contributed by atoms with Crippen LogP contribution in [-0.2, 0) is 9.59 Å². The molecule has 0 bridgehead atoms. The predicted octanol–water partition coefficient (Wildman–Crippen LogP) is 0.894. The van der Waals surface area contributed by atoms with E-state index in [1.807, 2.05) is 0 Å². The second kappa shape index (κ2) is 6.90. The molecule has 0 aliphatic carbocycles. The molecule has 1 saturated heterocycles. The van der Waals surface area contributed by atoms with Gasteiger partial charge in [0, 0.05) is 0 Å². The van der Waals surface area contributed by atoms with Crippen LogP contribution < -0.4 is 20.1 Å². The van der Waals surface area contributed by atoms with E-state index in [-0.39, 0.29) is 11.0 Å². The number of carbonyl (C=O) groups excluding carboxylic acids is 1. The Labute approximate surface area is 131 Å². The summed E-state index contributed by atoms with van der Waals surface area (Å²) in [7, 11) is 0. The normalized spacial score (nSPS) is 15.4. The fourth-order valence-corrected chi connectivity index (χ4v) is 1.99. The van der Waals surface area contributed by atoms with Gasteiger partial charge in [0.2, 0.25) is 0 Å². The Bertz CT molecular complexity index is 657. The highest BCUT2D eigenvalue weighted by atomic mass is 32.1. The third-order valence-electron chi connectivity index (χ3n) is 2.65. The highest BCUT2D eigenvalue weighted by molar-refractivity contribution is 7.80. The van der Waals surface area contributed by atoms with Crippen LogP contribution in [0.5, 0.6) is 11.5 Å². The third kappa shape index (κ3) is 3.95. The smallest absolute Gasteiger partial charge is 0.341 e. The first kappa shape index (κ1) is 15.8. The van der Waals surface area contributed by atoms with Gasteiger partial charge in [-0.05, 0) is 42.9 Å². The molecule has 1 aliphatic heterocycles. The number of carbonyl (C=O) groups is 2. The van der Waals surface area contributed by atoms with E-state index in [1.54, 1.807) is 31.2 Å². The third-order valence-corrected chi connectivity index (χ3v) is 2.85. The van der Waals surface area contributed by atoms with Crippen molar-refractivity contribution < 1.29 is 24.2 Å². The minimum absolute atomic E-state index is 0.252. The molecule has 2 rings (SSSR count). The molecule has 0 unspecified atom stereocenters. The Morgan fingerprint density at radius 2 is 2.09 bits per heavy atom. The van der Waals surface area contributed by atoms with Gasteiger partial charge in [0.1, 0.15) is 5.70 Å². The molecule has 7 nitrogen and oxygen atoms in total. The van der Waals surface area contributed by atoms with Crippen molar-refractivity contribution in [3.8, 4) is 11.5 Å². The fourth-order valence-electron chi connectivity index (χ4n) is 1.79. The molecule has 0 spiro atoms. The molecule has 0 saturated carbocycles. The van der Waals surface area contributed by atoms with E-state index >= 15 is 0 Å². The fraction of sp³-hybridized carbons (Fsp3) is 0.214. The summed E-state index contributed by atoms with van der Waals surface area (Å²) in [6.45, 7) is 1.74. The first-order chi connectivity index (χ1) is 10.5. The summed E-state index contributed by atoms with van der Waals surface area (Å²) in [5, 5.41) is 14.1. The maximum absolute atomic E-state index is 11.6. The molecule has 1 aromatic rings. The molecular weight excluding hydrogens is 308 g/mol. The molecule has 0 aromatic heterocycles. The first-order valence-electron chi connectivity index (χ1n) is 6.45. The van der Waals surface area contributed by atoms with Crippen LogP contribution >= 0.6 is 12.2 Å². The van der Waals surface area contributed by atoms with Gasteiger partial charge in [-0.3, -0.25) is 10.1 Å². The van der Waals surface area contributed by atoms with E-state index in [4.69, 9.17) is 26.8 Å². The van der Waals surface area contributed by atoms with Gasteiger partial charge in [0.15, 0.2) is 23.2 Å². The minimum Gasteiger partial charge on any atom is -0.490 e. The molecule has 0 atom stereocenters. The predicted molar refractivity (Wildman–Crippen MR) is 82.6 cm³/mol. The van der Waals surface area contributed by atoms with Crippen molar-refractivity contribution in [1.82, 2.24) is 10.6 Å². The maximum atomic E-state index is 11.6. The zero-order valence-electron chi connectivity index (χ0n) is 11.7. The zero-order chi connectivity index (χ0) is 16.1. The van der Waals surface area contributed by atoms with Crippen LogP contribution in [0.15, 0.2) is 23.9 Å². The van der Waals surface area contributed by atoms with E-state index in [2.05, 4.69) is 10.6 Å². The lowest BCUT2D eigenvalue weighted by Gasteiger charge is -2.11. The number of nitrogens with one attached hydrogen (secondary N) is 2. The summed E-state index contributed by atoms with van der Waals surface area (Å²) in [5.41, 5.74) is 1.01. The topological polar surface area (TPSA) is 96.9 Å². The van der Waals surface area contributed by atoms with Crippen molar-refractivity contribution in [1.29, 1.82) is 0 Å². The van der Waals surface area contributed by atoms with E-state index in [9.17, 15) is 9.59 Å². The number of amides is 1. The number of rotatable bonds is 6. The van der Waals surface area contributed by atoms with E-state index in [0.717, 1.165) is 0 Å². The number of carboxylic acid groups (broad SMARTS) is 1. The highest BCUT2D eigenvalue weighted by Crippen LogP contribution is 2.29. The summed E-state index contributed by atoms with van der Waals surface area (Å²) in [4.78, 5) is 22.2. The molecule has 1 aliphatic rings. The molecule has 1 fully saturated rings. The quantitative estimate of drug-likeness (QED) is 0.529.